The van der Waals surface area contributed by atoms with Gasteiger partial charge in [-0.25, -0.2) is 9.37 Å². The van der Waals surface area contributed by atoms with Gasteiger partial charge < -0.3 is 15.0 Å². The van der Waals surface area contributed by atoms with Crippen LogP contribution in [0.5, 0.6) is 0 Å². The van der Waals surface area contributed by atoms with Crippen LogP contribution in [-0.2, 0) is 11.2 Å². The van der Waals surface area contributed by atoms with Gasteiger partial charge in [0.05, 0.1) is 22.2 Å². The van der Waals surface area contributed by atoms with Crippen LogP contribution in [0.1, 0.15) is 70.9 Å². The summed E-state index contributed by atoms with van der Waals surface area (Å²) in [4.78, 5) is 11.9. The summed E-state index contributed by atoms with van der Waals surface area (Å²) >= 11 is 6.54. The molecule has 2 aromatic heterocycles. The van der Waals surface area contributed by atoms with Gasteiger partial charge in [0.15, 0.2) is 11.6 Å². The first kappa shape index (κ1) is 28.7. The van der Waals surface area contributed by atoms with Crippen molar-refractivity contribution in [3.05, 3.63) is 40.9 Å². The van der Waals surface area contributed by atoms with Crippen molar-refractivity contribution >= 4 is 17.4 Å². The number of anilines is 1. The van der Waals surface area contributed by atoms with E-state index < -0.39 is 11.2 Å². The molecule has 1 saturated heterocycles. The smallest absolute Gasteiger partial charge is 0.165 e. The molecule has 1 saturated carbocycles. The maximum absolute atomic E-state index is 14.7. The topological polar surface area (TPSA) is 74.1 Å². The summed E-state index contributed by atoms with van der Waals surface area (Å²) < 4.78 is 20.1. The van der Waals surface area contributed by atoms with Crippen LogP contribution in [0.3, 0.4) is 0 Å². The molecule has 0 atom stereocenters. The zero-order chi connectivity index (χ0) is 27.0. The Balaban J connectivity index is 1.42. The number of ether oxygens (including phenoxy) is 1. The van der Waals surface area contributed by atoms with Gasteiger partial charge in [0.2, 0.25) is 0 Å². The molecule has 1 aliphatic carbocycles. The zero-order valence-corrected chi connectivity index (χ0v) is 23.6. The Kier molecular flexibility index (Phi) is 10.3. The van der Waals surface area contributed by atoms with Gasteiger partial charge in [-0.05, 0) is 95.0 Å². The summed E-state index contributed by atoms with van der Waals surface area (Å²) in [5, 5.41) is 13.3. The summed E-state index contributed by atoms with van der Waals surface area (Å²) in [7, 11) is 0. The Labute approximate surface area is 231 Å². The minimum absolute atomic E-state index is 0.139. The first-order chi connectivity index (χ1) is 18.5. The molecule has 3 heterocycles. The largest absolute Gasteiger partial charge is 0.381 e. The Bertz CT molecular complexity index is 1090. The highest BCUT2D eigenvalue weighted by Gasteiger charge is 2.33. The summed E-state index contributed by atoms with van der Waals surface area (Å²) in [5.41, 5.74) is 1.77. The molecule has 1 aliphatic heterocycles. The second-order valence-electron chi connectivity index (χ2n) is 11.0. The third-order valence-electron chi connectivity index (χ3n) is 8.17. The lowest BCUT2D eigenvalue weighted by molar-refractivity contribution is 0.0455. The molecule has 0 aromatic carbocycles. The quantitative estimate of drug-likeness (QED) is 0.334. The first-order valence-corrected chi connectivity index (χ1v) is 14.6. The summed E-state index contributed by atoms with van der Waals surface area (Å²) in [5.74, 6) is 0.300. The highest BCUT2D eigenvalue weighted by Crippen LogP contribution is 2.34. The summed E-state index contributed by atoms with van der Waals surface area (Å²) in [6, 6.07) is 8.18. The molecule has 4 rings (SSSR count). The van der Waals surface area contributed by atoms with Crippen molar-refractivity contribution in [2.24, 2.45) is 11.3 Å². The average molecular weight is 542 g/mol. The molecule has 0 unspecified atom stereocenters. The molecule has 1 N–H and O–H groups in total. The predicted octanol–water partition coefficient (Wildman–Crippen LogP) is 6.89. The van der Waals surface area contributed by atoms with Gasteiger partial charge in [-0.2, -0.15) is 5.26 Å². The van der Waals surface area contributed by atoms with E-state index in [4.69, 9.17) is 16.3 Å². The van der Waals surface area contributed by atoms with Crippen LogP contribution in [0.2, 0.25) is 5.02 Å². The third-order valence-corrected chi connectivity index (χ3v) is 8.47. The summed E-state index contributed by atoms with van der Waals surface area (Å²) in [6.07, 6.45) is 11.2. The molecule has 2 aromatic rings. The van der Waals surface area contributed by atoms with Crippen molar-refractivity contribution in [1.82, 2.24) is 14.9 Å². The fraction of sp³-hybridized carbons (Fsp3) is 0.633. The molecular formula is C30H41ClFN5O. The van der Waals surface area contributed by atoms with Gasteiger partial charge in [0.1, 0.15) is 0 Å². The van der Waals surface area contributed by atoms with Crippen LogP contribution in [0.15, 0.2) is 24.4 Å². The number of hydrogen-bond acceptors (Lipinski definition) is 6. The van der Waals surface area contributed by atoms with Gasteiger partial charge >= 0.3 is 0 Å². The van der Waals surface area contributed by atoms with E-state index in [2.05, 4.69) is 40.1 Å². The monoisotopic (exact) mass is 541 g/mol. The predicted molar refractivity (Wildman–Crippen MR) is 151 cm³/mol. The number of nitriles is 1. The molecule has 0 radical (unpaired) electrons. The lowest BCUT2D eigenvalue weighted by atomic mass is 9.82. The lowest BCUT2D eigenvalue weighted by Crippen LogP contribution is -2.39. The third kappa shape index (κ3) is 7.22. The standard InChI is InChI=1S/C30H41ClFN5O/c1-3-13-37(14-4-2)24-7-5-22(6-8-24)17-23-18-25(26(31)19-34-23)28-10-9-27(32)29(36-28)35-21-30(20-33)11-15-38-16-12-30/h9-10,18-19,22,24H,3-8,11-17,21H2,1-2H3,(H,35,36). The molecular weight excluding hydrogens is 501 g/mol. The SMILES string of the molecule is CCCN(CCC)C1CCC(Cc2cc(-c3ccc(F)c(NCC4(C#N)CCOCC4)n3)c(Cl)cn2)CC1. The van der Waals surface area contributed by atoms with Crippen LogP contribution in [0, 0.1) is 28.5 Å². The molecule has 2 aliphatic rings. The van der Waals surface area contributed by atoms with E-state index in [1.54, 1.807) is 12.3 Å². The van der Waals surface area contributed by atoms with E-state index in [1.165, 1.54) is 57.7 Å². The number of halogens is 2. The number of rotatable bonds is 11. The lowest BCUT2D eigenvalue weighted by Gasteiger charge is -2.36. The fourth-order valence-electron chi connectivity index (χ4n) is 5.91. The molecule has 206 valence electrons. The Morgan fingerprint density at radius 1 is 1.16 bits per heavy atom. The molecule has 0 bridgehead atoms. The van der Waals surface area contributed by atoms with Crippen LogP contribution in [-0.4, -0.2) is 53.8 Å². The molecule has 8 heteroatoms. The Morgan fingerprint density at radius 2 is 1.87 bits per heavy atom. The maximum Gasteiger partial charge on any atom is 0.165 e. The van der Waals surface area contributed by atoms with E-state index >= 15 is 0 Å². The Hall–Kier alpha value is -2.27. The highest BCUT2D eigenvalue weighted by molar-refractivity contribution is 6.33. The number of pyridine rings is 2. The van der Waals surface area contributed by atoms with Crippen molar-refractivity contribution in [2.45, 2.75) is 77.7 Å². The maximum atomic E-state index is 14.7. The van der Waals surface area contributed by atoms with Crippen molar-refractivity contribution in [2.75, 3.05) is 38.2 Å². The van der Waals surface area contributed by atoms with Gasteiger partial charge in [-0.3, -0.25) is 4.98 Å². The van der Waals surface area contributed by atoms with Crippen molar-refractivity contribution < 1.29 is 9.13 Å². The van der Waals surface area contributed by atoms with E-state index in [0.717, 1.165) is 17.7 Å². The highest BCUT2D eigenvalue weighted by atomic mass is 35.5. The van der Waals surface area contributed by atoms with Gasteiger partial charge in [0.25, 0.3) is 0 Å². The number of aromatic nitrogens is 2. The van der Waals surface area contributed by atoms with E-state index in [1.807, 2.05) is 6.07 Å². The minimum Gasteiger partial charge on any atom is -0.381 e. The van der Waals surface area contributed by atoms with Gasteiger partial charge in [-0.15, -0.1) is 0 Å². The van der Waals surface area contributed by atoms with Crippen LogP contribution >= 0.6 is 11.6 Å². The number of hydrogen-bond donors (Lipinski definition) is 1. The van der Waals surface area contributed by atoms with E-state index in [0.29, 0.717) is 55.3 Å². The van der Waals surface area contributed by atoms with Crippen molar-refractivity contribution in [3.8, 4) is 17.3 Å². The molecule has 0 spiro atoms. The minimum atomic E-state index is -0.576. The van der Waals surface area contributed by atoms with Gasteiger partial charge in [-0.1, -0.05) is 25.4 Å². The van der Waals surface area contributed by atoms with Crippen molar-refractivity contribution in [3.63, 3.8) is 0 Å². The van der Waals surface area contributed by atoms with Crippen molar-refractivity contribution in [1.29, 1.82) is 5.26 Å². The number of nitrogens with one attached hydrogen (secondary N) is 1. The zero-order valence-electron chi connectivity index (χ0n) is 22.8. The molecule has 38 heavy (non-hydrogen) atoms. The first-order valence-electron chi connectivity index (χ1n) is 14.2. The second kappa shape index (κ2) is 13.7. The van der Waals surface area contributed by atoms with Crippen LogP contribution in [0.4, 0.5) is 10.2 Å². The van der Waals surface area contributed by atoms with E-state index in [9.17, 15) is 9.65 Å². The van der Waals surface area contributed by atoms with Crippen LogP contribution in [0.25, 0.3) is 11.3 Å². The fourth-order valence-corrected chi connectivity index (χ4v) is 6.11. The van der Waals surface area contributed by atoms with Gasteiger partial charge in [0, 0.05) is 43.3 Å². The molecule has 6 nitrogen and oxygen atoms in total. The molecule has 2 fully saturated rings. The van der Waals surface area contributed by atoms with E-state index in [-0.39, 0.29) is 5.82 Å². The second-order valence-corrected chi connectivity index (χ2v) is 11.4. The number of nitrogens with zero attached hydrogens (tertiary/aromatic N) is 4. The van der Waals surface area contributed by atoms with Crippen LogP contribution < -0.4 is 5.32 Å². The average Bonchev–Trinajstić information content (AvgIpc) is 2.94. The molecule has 0 amide bonds. The summed E-state index contributed by atoms with van der Waals surface area (Å²) in [6.45, 7) is 8.32. The normalized spacial score (nSPS) is 21.3. The Morgan fingerprint density at radius 3 is 2.53 bits per heavy atom.